The van der Waals surface area contributed by atoms with E-state index in [1.54, 1.807) is 11.0 Å². The molecule has 1 fully saturated rings. The van der Waals surface area contributed by atoms with Crippen LogP contribution in [-0.2, 0) is 16.0 Å². The van der Waals surface area contributed by atoms with E-state index in [4.69, 9.17) is 9.84 Å². The Kier molecular flexibility index (Phi) is 6.38. The van der Waals surface area contributed by atoms with E-state index in [9.17, 15) is 19.6 Å². The van der Waals surface area contributed by atoms with Gasteiger partial charge in [0.15, 0.2) is 0 Å². The molecule has 1 amide bonds. The van der Waals surface area contributed by atoms with Gasteiger partial charge in [-0.2, -0.15) is 0 Å². The second-order valence-corrected chi connectivity index (χ2v) is 7.72. The van der Waals surface area contributed by atoms with Crippen LogP contribution in [-0.4, -0.2) is 71.0 Å². The SMILES string of the molecule is Cc1c(CC(=O)O)cc(B(O)O)cc1N1CCN(C(=O)OC(C)(C)C)CC1. The van der Waals surface area contributed by atoms with Crippen LogP contribution in [0.25, 0.3) is 0 Å². The third-order valence-corrected chi connectivity index (χ3v) is 4.42. The Labute approximate surface area is 159 Å². The van der Waals surface area contributed by atoms with E-state index in [2.05, 4.69) is 0 Å². The smallest absolute Gasteiger partial charge is 0.481 e. The molecule has 0 aliphatic carbocycles. The number of aliphatic carboxylic acids is 1. The van der Waals surface area contributed by atoms with Crippen molar-refractivity contribution < 1.29 is 29.5 Å². The van der Waals surface area contributed by atoms with Crippen LogP contribution < -0.4 is 10.4 Å². The van der Waals surface area contributed by atoms with Crippen LogP contribution in [0.15, 0.2) is 12.1 Å². The highest BCUT2D eigenvalue weighted by molar-refractivity contribution is 6.58. The van der Waals surface area contributed by atoms with E-state index in [1.165, 1.54) is 6.07 Å². The number of amides is 1. The summed E-state index contributed by atoms with van der Waals surface area (Å²) < 4.78 is 5.39. The lowest BCUT2D eigenvalue weighted by atomic mass is 9.78. The zero-order valence-corrected chi connectivity index (χ0v) is 16.2. The highest BCUT2D eigenvalue weighted by Gasteiger charge is 2.27. The molecule has 0 atom stereocenters. The highest BCUT2D eigenvalue weighted by Crippen LogP contribution is 2.25. The van der Waals surface area contributed by atoms with Gasteiger partial charge in [0.05, 0.1) is 6.42 Å². The number of carboxylic acid groups (broad SMARTS) is 1. The summed E-state index contributed by atoms with van der Waals surface area (Å²) in [4.78, 5) is 27.0. The molecule has 148 valence electrons. The van der Waals surface area contributed by atoms with Crippen LogP contribution in [0.3, 0.4) is 0 Å². The lowest BCUT2D eigenvalue weighted by Crippen LogP contribution is -2.50. The maximum atomic E-state index is 12.2. The first-order valence-electron chi connectivity index (χ1n) is 8.92. The second kappa shape index (κ2) is 8.18. The first-order chi connectivity index (χ1) is 12.5. The minimum atomic E-state index is -1.68. The van der Waals surface area contributed by atoms with Crippen LogP contribution in [0.1, 0.15) is 31.9 Å². The third-order valence-electron chi connectivity index (χ3n) is 4.42. The van der Waals surface area contributed by atoms with Crippen molar-refractivity contribution >= 4 is 30.3 Å². The van der Waals surface area contributed by atoms with E-state index in [0.29, 0.717) is 31.7 Å². The molecule has 0 radical (unpaired) electrons. The summed E-state index contributed by atoms with van der Waals surface area (Å²) in [6.45, 7) is 9.29. The van der Waals surface area contributed by atoms with Crippen molar-refractivity contribution in [3.63, 3.8) is 0 Å². The monoisotopic (exact) mass is 378 g/mol. The molecule has 1 aromatic rings. The fraction of sp³-hybridized carbons (Fsp3) is 0.556. The minimum absolute atomic E-state index is 0.197. The second-order valence-electron chi connectivity index (χ2n) is 7.72. The van der Waals surface area contributed by atoms with Gasteiger partial charge in [-0.15, -0.1) is 0 Å². The summed E-state index contributed by atoms with van der Waals surface area (Å²) in [5, 5.41) is 28.2. The van der Waals surface area contributed by atoms with Gasteiger partial charge in [-0.3, -0.25) is 4.79 Å². The predicted octanol–water partition coefficient (Wildman–Crippen LogP) is 0.359. The summed E-state index contributed by atoms with van der Waals surface area (Å²) in [5.74, 6) is -0.983. The van der Waals surface area contributed by atoms with Crippen molar-refractivity contribution in [1.29, 1.82) is 0 Å². The summed E-state index contributed by atoms with van der Waals surface area (Å²) in [5.41, 5.74) is 1.77. The van der Waals surface area contributed by atoms with Crippen molar-refractivity contribution in [2.24, 2.45) is 0 Å². The van der Waals surface area contributed by atoms with E-state index in [-0.39, 0.29) is 18.0 Å². The number of hydrogen-bond acceptors (Lipinski definition) is 6. The molecule has 2 rings (SSSR count). The Hall–Kier alpha value is -2.26. The number of anilines is 1. The molecule has 3 N–H and O–H groups in total. The van der Waals surface area contributed by atoms with Gasteiger partial charge in [-0.1, -0.05) is 6.07 Å². The van der Waals surface area contributed by atoms with Gasteiger partial charge >= 0.3 is 19.2 Å². The molecule has 1 saturated heterocycles. The maximum Gasteiger partial charge on any atom is 0.488 e. The number of rotatable bonds is 4. The molecular weight excluding hydrogens is 351 g/mol. The molecule has 1 aliphatic heterocycles. The van der Waals surface area contributed by atoms with Crippen LogP contribution in [0.4, 0.5) is 10.5 Å². The zero-order valence-electron chi connectivity index (χ0n) is 16.2. The van der Waals surface area contributed by atoms with Gasteiger partial charge in [0, 0.05) is 31.9 Å². The van der Waals surface area contributed by atoms with E-state index in [0.717, 1.165) is 11.3 Å². The number of ether oxygens (including phenoxy) is 1. The molecule has 1 heterocycles. The number of carbonyl (C=O) groups excluding carboxylic acids is 1. The lowest BCUT2D eigenvalue weighted by Gasteiger charge is -2.37. The summed E-state index contributed by atoms with van der Waals surface area (Å²) in [6.07, 6.45) is -0.554. The number of piperazine rings is 1. The number of carboxylic acids is 1. The molecule has 27 heavy (non-hydrogen) atoms. The summed E-state index contributed by atoms with van der Waals surface area (Å²) >= 11 is 0. The summed E-state index contributed by atoms with van der Waals surface area (Å²) in [7, 11) is -1.68. The van der Waals surface area contributed by atoms with Gasteiger partial charge in [0.1, 0.15) is 5.60 Å². The highest BCUT2D eigenvalue weighted by atomic mass is 16.6. The standard InChI is InChI=1S/C18H27BN2O6/c1-12-13(10-16(22)23)9-14(19(25)26)11-15(12)20-5-7-21(8-6-20)17(24)27-18(2,3)4/h9,11,25-26H,5-8,10H2,1-4H3,(H,22,23). The molecule has 0 unspecified atom stereocenters. The Morgan fingerprint density at radius 3 is 2.22 bits per heavy atom. The van der Waals surface area contributed by atoms with Crippen LogP contribution in [0.5, 0.6) is 0 Å². The van der Waals surface area contributed by atoms with E-state index < -0.39 is 18.7 Å². The van der Waals surface area contributed by atoms with Gasteiger partial charge in [0.2, 0.25) is 0 Å². The van der Waals surface area contributed by atoms with Crippen LogP contribution >= 0.6 is 0 Å². The molecule has 0 aromatic heterocycles. The number of hydrogen-bond donors (Lipinski definition) is 3. The van der Waals surface area contributed by atoms with E-state index >= 15 is 0 Å². The minimum Gasteiger partial charge on any atom is -0.481 e. The Morgan fingerprint density at radius 1 is 1.15 bits per heavy atom. The number of benzene rings is 1. The Bertz CT molecular complexity index is 709. The van der Waals surface area contributed by atoms with Crippen LogP contribution in [0.2, 0.25) is 0 Å². The normalized spacial score (nSPS) is 14.9. The maximum absolute atomic E-state index is 12.2. The van der Waals surface area contributed by atoms with Crippen molar-refractivity contribution in [3.05, 3.63) is 23.3 Å². The fourth-order valence-corrected chi connectivity index (χ4v) is 3.06. The predicted molar refractivity (Wildman–Crippen MR) is 102 cm³/mol. The molecular formula is C18H27BN2O6. The summed E-state index contributed by atoms with van der Waals surface area (Å²) in [6, 6.07) is 3.17. The molecule has 1 aliphatic rings. The van der Waals surface area contributed by atoms with Crippen molar-refractivity contribution in [3.8, 4) is 0 Å². The van der Waals surface area contributed by atoms with Crippen molar-refractivity contribution in [2.75, 3.05) is 31.1 Å². The Balaban J connectivity index is 2.18. The molecule has 0 spiro atoms. The topological polar surface area (TPSA) is 111 Å². The van der Waals surface area contributed by atoms with E-state index in [1.807, 2.05) is 32.6 Å². The average Bonchev–Trinajstić information content (AvgIpc) is 2.54. The molecule has 1 aromatic carbocycles. The molecule has 8 nitrogen and oxygen atoms in total. The Morgan fingerprint density at radius 2 is 1.74 bits per heavy atom. The third kappa shape index (κ3) is 5.61. The first-order valence-corrected chi connectivity index (χ1v) is 8.92. The zero-order chi connectivity index (χ0) is 20.4. The largest absolute Gasteiger partial charge is 0.488 e. The van der Waals surface area contributed by atoms with Gasteiger partial charge in [-0.25, -0.2) is 4.79 Å². The lowest BCUT2D eigenvalue weighted by molar-refractivity contribution is -0.136. The fourth-order valence-electron chi connectivity index (χ4n) is 3.06. The molecule has 9 heteroatoms. The van der Waals surface area contributed by atoms with Gasteiger partial charge < -0.3 is 29.7 Å². The molecule has 0 saturated carbocycles. The molecule has 0 bridgehead atoms. The van der Waals surface area contributed by atoms with Crippen molar-refractivity contribution in [2.45, 2.75) is 39.7 Å². The quantitative estimate of drug-likeness (QED) is 0.649. The average molecular weight is 378 g/mol. The van der Waals surface area contributed by atoms with Crippen LogP contribution in [0, 0.1) is 6.92 Å². The number of carbonyl (C=O) groups is 2. The number of nitrogens with zero attached hydrogens (tertiary/aromatic N) is 2. The first kappa shape index (κ1) is 21.0. The van der Waals surface area contributed by atoms with Gasteiger partial charge in [0.25, 0.3) is 0 Å². The van der Waals surface area contributed by atoms with Crippen molar-refractivity contribution in [1.82, 2.24) is 4.90 Å². The van der Waals surface area contributed by atoms with Gasteiger partial charge in [-0.05, 0) is 50.4 Å².